The second-order valence-electron chi connectivity index (χ2n) is 4.09. The number of halogens is 1. The Morgan fingerprint density at radius 2 is 1.76 bits per heavy atom. The van der Waals surface area contributed by atoms with Gasteiger partial charge in [0.2, 0.25) is 0 Å². The van der Waals surface area contributed by atoms with Crippen LogP contribution in [0.1, 0.15) is 20.7 Å². The van der Waals surface area contributed by atoms with E-state index in [1.54, 1.807) is 12.1 Å². The van der Waals surface area contributed by atoms with Crippen molar-refractivity contribution in [1.29, 1.82) is 0 Å². The maximum absolute atomic E-state index is 12.0. The average Bonchev–Trinajstić information content (AvgIpc) is 2.50. The lowest BCUT2D eigenvalue weighted by Gasteiger charge is -2.06. The van der Waals surface area contributed by atoms with Crippen LogP contribution >= 0.6 is 11.6 Å². The first kappa shape index (κ1) is 14.8. The Morgan fingerprint density at radius 3 is 2.33 bits per heavy atom. The molecule has 0 aliphatic heterocycles. The number of methoxy groups -OCH3 is 1. The van der Waals surface area contributed by atoms with E-state index in [1.807, 2.05) is 0 Å². The van der Waals surface area contributed by atoms with Crippen LogP contribution in [0.2, 0.25) is 5.15 Å². The topological polar surface area (TPSA) is 82.3 Å². The first-order valence-electron chi connectivity index (χ1n) is 5.89. The molecule has 0 fully saturated rings. The molecule has 1 N–H and O–H groups in total. The van der Waals surface area contributed by atoms with E-state index in [-0.39, 0.29) is 10.7 Å². The number of pyridine rings is 1. The third-order valence-electron chi connectivity index (χ3n) is 2.69. The van der Waals surface area contributed by atoms with Crippen molar-refractivity contribution < 1.29 is 19.1 Å². The minimum absolute atomic E-state index is 0.0195. The van der Waals surface area contributed by atoms with Gasteiger partial charge in [-0.25, -0.2) is 4.79 Å². The number of benzene rings is 1. The number of anilines is 1. The predicted octanol–water partition coefficient (Wildman–Crippen LogP) is 2.01. The van der Waals surface area contributed by atoms with E-state index in [0.29, 0.717) is 16.0 Å². The number of rotatable bonds is 3. The summed E-state index contributed by atoms with van der Waals surface area (Å²) in [6.07, 6.45) is 1.08. The fourth-order valence-electron chi connectivity index (χ4n) is 1.61. The molecule has 2 aromatic rings. The number of nitrogens with zero attached hydrogens (tertiary/aromatic N) is 1. The lowest BCUT2D eigenvalue weighted by atomic mass is 10.2. The van der Waals surface area contributed by atoms with Gasteiger partial charge in [0.25, 0.3) is 11.1 Å². The quantitative estimate of drug-likeness (QED) is 0.407. The zero-order chi connectivity index (χ0) is 15.4. The van der Waals surface area contributed by atoms with Crippen LogP contribution in [-0.2, 0) is 4.74 Å². The van der Waals surface area contributed by atoms with E-state index < -0.39 is 11.9 Å². The molecule has 0 radical (unpaired) electrons. The Labute approximate surface area is 125 Å². The molecule has 0 saturated heterocycles. The number of aromatic nitrogens is 1. The van der Waals surface area contributed by atoms with Gasteiger partial charge in [0.05, 0.1) is 12.7 Å². The first-order valence-corrected chi connectivity index (χ1v) is 6.27. The molecule has 0 atom stereocenters. The molecule has 1 aromatic carbocycles. The van der Waals surface area contributed by atoms with Crippen molar-refractivity contribution in [3.63, 3.8) is 0 Å². The molecule has 1 heterocycles. The fraction of sp³-hybridized carbons (Fsp3) is 0.0714. The monoisotopic (exact) mass is 306 g/mol. The van der Waals surface area contributed by atoms with Crippen molar-refractivity contribution in [2.75, 3.05) is 12.4 Å². The lowest BCUT2D eigenvalue weighted by Crippen LogP contribution is -2.29. The SMILES string of the molecule is COC(=O)c1ccc(NC(=O)c2ccc(Cl)[n+]([O-])c2)cc1. The fourth-order valence-corrected chi connectivity index (χ4v) is 1.72. The zero-order valence-electron chi connectivity index (χ0n) is 11.0. The molecule has 0 aliphatic carbocycles. The number of carbonyl (C=O) groups is 2. The molecule has 7 heteroatoms. The number of hydrogen-bond acceptors (Lipinski definition) is 4. The largest absolute Gasteiger partial charge is 0.618 e. The summed E-state index contributed by atoms with van der Waals surface area (Å²) in [7, 11) is 1.29. The number of nitrogens with one attached hydrogen (secondary N) is 1. The Morgan fingerprint density at radius 1 is 1.14 bits per heavy atom. The van der Waals surface area contributed by atoms with Crippen LogP contribution in [0.5, 0.6) is 0 Å². The van der Waals surface area contributed by atoms with Crippen molar-refractivity contribution in [2.45, 2.75) is 0 Å². The maximum atomic E-state index is 12.0. The molecule has 0 aliphatic rings. The van der Waals surface area contributed by atoms with Crippen LogP contribution in [0.25, 0.3) is 0 Å². The van der Waals surface area contributed by atoms with Crippen molar-refractivity contribution in [3.05, 3.63) is 64.1 Å². The third kappa shape index (κ3) is 3.49. The van der Waals surface area contributed by atoms with Crippen LogP contribution in [0, 0.1) is 5.21 Å². The van der Waals surface area contributed by atoms with Gasteiger partial charge in [-0.3, -0.25) is 4.79 Å². The zero-order valence-corrected chi connectivity index (χ0v) is 11.8. The van der Waals surface area contributed by atoms with Crippen LogP contribution in [0.4, 0.5) is 5.69 Å². The number of amides is 1. The van der Waals surface area contributed by atoms with Gasteiger partial charge in [0.1, 0.15) is 5.56 Å². The molecule has 0 bridgehead atoms. The minimum Gasteiger partial charge on any atom is -0.618 e. The van der Waals surface area contributed by atoms with E-state index in [9.17, 15) is 14.8 Å². The van der Waals surface area contributed by atoms with Gasteiger partial charge in [-0.1, -0.05) is 0 Å². The highest BCUT2D eigenvalue weighted by atomic mass is 35.5. The molecule has 0 unspecified atom stereocenters. The summed E-state index contributed by atoms with van der Waals surface area (Å²) in [4.78, 5) is 23.2. The first-order chi connectivity index (χ1) is 10.0. The summed E-state index contributed by atoms with van der Waals surface area (Å²) >= 11 is 5.58. The molecular formula is C14H11ClN2O4. The summed E-state index contributed by atoms with van der Waals surface area (Å²) in [5.41, 5.74) is 1.03. The van der Waals surface area contributed by atoms with E-state index in [2.05, 4.69) is 10.1 Å². The van der Waals surface area contributed by atoms with Gasteiger partial charge < -0.3 is 15.3 Å². The highest BCUT2D eigenvalue weighted by Crippen LogP contribution is 2.12. The second kappa shape index (κ2) is 6.23. The Kier molecular flexibility index (Phi) is 4.39. The van der Waals surface area contributed by atoms with Crippen LogP contribution in [-0.4, -0.2) is 19.0 Å². The normalized spacial score (nSPS) is 10.0. The van der Waals surface area contributed by atoms with Gasteiger partial charge in [-0.2, -0.15) is 4.73 Å². The van der Waals surface area contributed by atoms with Crippen molar-refractivity contribution >= 4 is 29.2 Å². The number of carbonyl (C=O) groups excluding carboxylic acids is 2. The summed E-state index contributed by atoms with van der Waals surface area (Å²) in [5, 5.41) is 13.9. The molecule has 21 heavy (non-hydrogen) atoms. The van der Waals surface area contributed by atoms with Crippen LogP contribution < -0.4 is 10.0 Å². The van der Waals surface area contributed by atoms with Gasteiger partial charge >= 0.3 is 5.97 Å². The molecule has 108 valence electrons. The average molecular weight is 307 g/mol. The minimum atomic E-state index is -0.460. The molecule has 0 saturated carbocycles. The molecule has 1 amide bonds. The van der Waals surface area contributed by atoms with Crippen molar-refractivity contribution in [2.24, 2.45) is 0 Å². The van der Waals surface area contributed by atoms with E-state index in [4.69, 9.17) is 11.6 Å². The lowest BCUT2D eigenvalue weighted by molar-refractivity contribution is -0.603. The summed E-state index contributed by atoms with van der Waals surface area (Å²) in [5.74, 6) is -0.917. The van der Waals surface area contributed by atoms with Gasteiger partial charge in [-0.05, 0) is 41.9 Å². The van der Waals surface area contributed by atoms with Crippen LogP contribution in [0.3, 0.4) is 0 Å². The Hall–Kier alpha value is -2.60. The summed E-state index contributed by atoms with van der Waals surface area (Å²) in [6.45, 7) is 0. The summed E-state index contributed by atoms with van der Waals surface area (Å²) in [6, 6.07) is 8.95. The second-order valence-corrected chi connectivity index (χ2v) is 4.48. The highest BCUT2D eigenvalue weighted by Gasteiger charge is 2.12. The third-order valence-corrected chi connectivity index (χ3v) is 2.99. The Balaban J connectivity index is 2.12. The molecule has 2 rings (SSSR count). The molecular weight excluding hydrogens is 296 g/mol. The summed E-state index contributed by atoms with van der Waals surface area (Å²) < 4.78 is 4.97. The van der Waals surface area contributed by atoms with Gasteiger partial charge in [-0.15, -0.1) is 0 Å². The van der Waals surface area contributed by atoms with E-state index in [1.165, 1.54) is 31.4 Å². The standard InChI is InChI=1S/C14H11ClN2O4/c1-21-14(19)9-2-5-11(6-3-9)16-13(18)10-4-7-12(15)17(20)8-10/h2-8H,1H3,(H,16,18). The molecule has 1 aromatic heterocycles. The van der Waals surface area contributed by atoms with E-state index in [0.717, 1.165) is 6.20 Å². The van der Waals surface area contributed by atoms with Crippen molar-refractivity contribution in [1.82, 2.24) is 0 Å². The van der Waals surface area contributed by atoms with Gasteiger partial charge in [0, 0.05) is 11.8 Å². The maximum Gasteiger partial charge on any atom is 0.337 e. The number of hydrogen-bond donors (Lipinski definition) is 1. The van der Waals surface area contributed by atoms with Gasteiger partial charge in [0.15, 0.2) is 6.20 Å². The molecule has 6 nitrogen and oxygen atoms in total. The molecule has 0 spiro atoms. The van der Waals surface area contributed by atoms with Crippen LogP contribution in [0.15, 0.2) is 42.6 Å². The predicted molar refractivity (Wildman–Crippen MR) is 76.1 cm³/mol. The van der Waals surface area contributed by atoms with Crippen molar-refractivity contribution in [3.8, 4) is 0 Å². The Bertz CT molecular complexity index is 686. The smallest absolute Gasteiger partial charge is 0.337 e. The highest BCUT2D eigenvalue weighted by molar-refractivity contribution is 6.28. The number of esters is 1. The van der Waals surface area contributed by atoms with E-state index >= 15 is 0 Å². The number of ether oxygens (including phenoxy) is 1.